The van der Waals surface area contributed by atoms with Gasteiger partial charge in [0.05, 0.1) is 5.56 Å². The molecule has 1 aliphatic rings. The molecule has 6 nitrogen and oxygen atoms in total. The van der Waals surface area contributed by atoms with Gasteiger partial charge in [0, 0.05) is 37.9 Å². The van der Waals surface area contributed by atoms with Gasteiger partial charge in [0.25, 0.3) is 5.91 Å². The second-order valence-corrected chi connectivity index (χ2v) is 6.87. The van der Waals surface area contributed by atoms with Crippen molar-refractivity contribution >= 4 is 22.8 Å². The molecule has 0 saturated heterocycles. The summed E-state index contributed by atoms with van der Waals surface area (Å²) in [5, 5.41) is 0.886. The minimum absolute atomic E-state index is 0.00355. The van der Waals surface area contributed by atoms with Crippen LogP contribution >= 0.6 is 0 Å². The lowest BCUT2D eigenvalue weighted by atomic mass is 9.99. The summed E-state index contributed by atoms with van der Waals surface area (Å²) in [6, 6.07) is 1.49. The molecular weight excluding hydrogens is 304 g/mol. The predicted molar refractivity (Wildman–Crippen MR) is 92.5 cm³/mol. The van der Waals surface area contributed by atoms with E-state index in [0.717, 1.165) is 16.6 Å². The minimum atomic E-state index is -0.437. The molecule has 24 heavy (non-hydrogen) atoms. The number of amides is 2. The number of H-pyrrole nitrogens is 1. The van der Waals surface area contributed by atoms with Crippen molar-refractivity contribution in [1.29, 1.82) is 0 Å². The van der Waals surface area contributed by atoms with Gasteiger partial charge in [-0.1, -0.05) is 20.8 Å². The van der Waals surface area contributed by atoms with E-state index in [2.05, 4.69) is 23.8 Å². The fraction of sp³-hybridized carbons (Fsp3) is 0.500. The van der Waals surface area contributed by atoms with Gasteiger partial charge in [-0.25, -0.2) is 4.98 Å². The van der Waals surface area contributed by atoms with Crippen molar-refractivity contribution in [3.05, 3.63) is 29.6 Å². The summed E-state index contributed by atoms with van der Waals surface area (Å²) in [5.41, 5.74) is 2.37. The van der Waals surface area contributed by atoms with Crippen LogP contribution in [0.4, 0.5) is 0 Å². The van der Waals surface area contributed by atoms with E-state index in [1.165, 1.54) is 0 Å². The van der Waals surface area contributed by atoms with E-state index in [9.17, 15) is 9.59 Å². The van der Waals surface area contributed by atoms with Crippen molar-refractivity contribution in [3.8, 4) is 0 Å². The Bertz CT molecular complexity index is 780. The number of hydrogen-bond acceptors (Lipinski definition) is 3. The third-order valence-electron chi connectivity index (χ3n) is 4.56. The number of carbonyl (C=O) groups is 2. The maximum atomic E-state index is 12.9. The molecule has 2 amide bonds. The smallest absolute Gasteiger partial charge is 0.257 e. The molecule has 0 fully saturated rings. The van der Waals surface area contributed by atoms with Crippen LogP contribution in [-0.4, -0.2) is 51.2 Å². The van der Waals surface area contributed by atoms with Crippen LogP contribution in [-0.2, 0) is 11.3 Å². The van der Waals surface area contributed by atoms with E-state index in [1.54, 1.807) is 22.2 Å². The number of likely N-dealkylation sites (N-methyl/N-ethyl adjacent to an activating group) is 1. The first kappa shape index (κ1) is 16.5. The van der Waals surface area contributed by atoms with Gasteiger partial charge in [0.2, 0.25) is 5.91 Å². The van der Waals surface area contributed by atoms with Gasteiger partial charge >= 0.3 is 0 Å². The molecule has 2 aromatic rings. The largest absolute Gasteiger partial charge is 0.345 e. The highest BCUT2D eigenvalue weighted by Crippen LogP contribution is 2.30. The Morgan fingerprint density at radius 2 is 2.21 bits per heavy atom. The lowest BCUT2D eigenvalue weighted by molar-refractivity contribution is -0.135. The fourth-order valence-electron chi connectivity index (χ4n) is 3.51. The maximum Gasteiger partial charge on any atom is 0.257 e. The summed E-state index contributed by atoms with van der Waals surface area (Å²) in [5.74, 6) is 0.299. The Morgan fingerprint density at radius 3 is 2.88 bits per heavy atom. The highest BCUT2D eigenvalue weighted by Gasteiger charge is 2.35. The highest BCUT2D eigenvalue weighted by molar-refractivity contribution is 6.10. The van der Waals surface area contributed by atoms with Crippen LogP contribution in [0.25, 0.3) is 11.0 Å². The van der Waals surface area contributed by atoms with E-state index in [-0.39, 0.29) is 11.8 Å². The molecule has 0 radical (unpaired) electrons. The summed E-state index contributed by atoms with van der Waals surface area (Å²) in [4.78, 5) is 36.5. The van der Waals surface area contributed by atoms with Crippen LogP contribution in [0.1, 0.15) is 43.1 Å². The molecule has 0 spiro atoms. The molecule has 0 unspecified atom stereocenters. The molecule has 2 aromatic heterocycles. The topological polar surface area (TPSA) is 69.3 Å². The van der Waals surface area contributed by atoms with E-state index >= 15 is 0 Å². The standard InChI is InChI=1S/C18H24N4O2/c1-5-14(18(24)21(4)9-11(2)3)22-10-12-6-7-19-16-15(12)13(8-20-16)17(22)23/h6-8,11,14H,5,9-10H2,1-4H3,(H,19,20)/t14-/m1/s1. The quantitative estimate of drug-likeness (QED) is 0.916. The van der Waals surface area contributed by atoms with Gasteiger partial charge < -0.3 is 14.8 Å². The van der Waals surface area contributed by atoms with Gasteiger partial charge in [0.15, 0.2) is 0 Å². The van der Waals surface area contributed by atoms with Crippen molar-refractivity contribution in [2.75, 3.05) is 13.6 Å². The third-order valence-corrected chi connectivity index (χ3v) is 4.56. The molecule has 0 saturated carbocycles. The third kappa shape index (κ3) is 2.66. The molecule has 3 heterocycles. The summed E-state index contributed by atoms with van der Waals surface area (Å²) in [7, 11) is 1.81. The molecule has 0 aliphatic carbocycles. The lowest BCUT2D eigenvalue weighted by Gasteiger charge is -2.35. The number of nitrogens with one attached hydrogen (secondary N) is 1. The highest BCUT2D eigenvalue weighted by atomic mass is 16.2. The van der Waals surface area contributed by atoms with Gasteiger partial charge in [-0.2, -0.15) is 0 Å². The summed E-state index contributed by atoms with van der Waals surface area (Å²) < 4.78 is 0. The first-order valence-corrected chi connectivity index (χ1v) is 8.45. The molecule has 1 N–H and O–H groups in total. The zero-order valence-corrected chi connectivity index (χ0v) is 14.7. The number of carbonyl (C=O) groups excluding carboxylic acids is 2. The summed E-state index contributed by atoms with van der Waals surface area (Å²) >= 11 is 0. The number of nitrogens with zero attached hydrogens (tertiary/aromatic N) is 3. The number of rotatable bonds is 5. The first-order chi connectivity index (χ1) is 11.4. The number of aromatic amines is 1. The minimum Gasteiger partial charge on any atom is -0.345 e. The van der Waals surface area contributed by atoms with Gasteiger partial charge in [-0.15, -0.1) is 0 Å². The lowest BCUT2D eigenvalue weighted by Crippen LogP contribution is -2.50. The van der Waals surface area contributed by atoms with Crippen LogP contribution in [0.15, 0.2) is 18.5 Å². The van der Waals surface area contributed by atoms with E-state index < -0.39 is 6.04 Å². The van der Waals surface area contributed by atoms with Crippen molar-refractivity contribution in [3.63, 3.8) is 0 Å². The zero-order chi connectivity index (χ0) is 17.4. The normalized spacial score (nSPS) is 15.2. The fourth-order valence-corrected chi connectivity index (χ4v) is 3.51. The number of aromatic nitrogens is 2. The zero-order valence-electron chi connectivity index (χ0n) is 14.7. The SMILES string of the molecule is CC[C@H](C(=O)N(C)CC(C)C)N1Cc2ccnc3[nH]cc(c23)C1=O. The van der Waals surface area contributed by atoms with E-state index in [0.29, 0.717) is 31.0 Å². The molecule has 0 aromatic carbocycles. The Morgan fingerprint density at radius 1 is 1.46 bits per heavy atom. The monoisotopic (exact) mass is 328 g/mol. The van der Waals surface area contributed by atoms with Crippen LogP contribution in [0.2, 0.25) is 0 Å². The predicted octanol–water partition coefficient (Wildman–Crippen LogP) is 2.41. The Labute approximate surface area is 141 Å². The average molecular weight is 328 g/mol. The van der Waals surface area contributed by atoms with Crippen molar-refractivity contribution in [2.45, 2.75) is 39.8 Å². The second kappa shape index (κ2) is 6.26. The van der Waals surface area contributed by atoms with Crippen molar-refractivity contribution < 1.29 is 9.59 Å². The van der Waals surface area contributed by atoms with Crippen LogP contribution < -0.4 is 0 Å². The molecule has 1 atom stereocenters. The molecular formula is C18H24N4O2. The molecule has 3 rings (SSSR count). The van der Waals surface area contributed by atoms with Crippen LogP contribution in [0.5, 0.6) is 0 Å². The second-order valence-electron chi connectivity index (χ2n) is 6.87. The van der Waals surface area contributed by atoms with E-state index in [4.69, 9.17) is 0 Å². The summed E-state index contributed by atoms with van der Waals surface area (Å²) in [6.45, 7) is 7.25. The number of hydrogen-bond donors (Lipinski definition) is 1. The van der Waals surface area contributed by atoms with Crippen LogP contribution in [0.3, 0.4) is 0 Å². The number of pyridine rings is 1. The molecule has 128 valence electrons. The first-order valence-electron chi connectivity index (χ1n) is 8.45. The Hall–Kier alpha value is -2.37. The molecule has 6 heteroatoms. The molecule has 1 aliphatic heterocycles. The van der Waals surface area contributed by atoms with Crippen molar-refractivity contribution in [2.24, 2.45) is 5.92 Å². The van der Waals surface area contributed by atoms with Gasteiger partial charge in [-0.3, -0.25) is 9.59 Å². The summed E-state index contributed by atoms with van der Waals surface area (Å²) in [6.07, 6.45) is 4.03. The van der Waals surface area contributed by atoms with Crippen molar-refractivity contribution in [1.82, 2.24) is 19.8 Å². The Balaban J connectivity index is 1.91. The Kier molecular flexibility index (Phi) is 4.30. The van der Waals surface area contributed by atoms with Gasteiger partial charge in [0.1, 0.15) is 11.7 Å². The maximum absolute atomic E-state index is 12.9. The average Bonchev–Trinajstić information content (AvgIpc) is 2.97. The molecule has 0 bridgehead atoms. The van der Waals surface area contributed by atoms with Crippen LogP contribution in [0, 0.1) is 5.92 Å². The van der Waals surface area contributed by atoms with E-state index in [1.807, 2.05) is 20.0 Å². The van der Waals surface area contributed by atoms with Gasteiger partial charge in [-0.05, 0) is 24.0 Å².